The first kappa shape index (κ1) is 9.92. The van der Waals surface area contributed by atoms with Crippen LogP contribution < -0.4 is 5.32 Å². The molecule has 0 bridgehead atoms. The summed E-state index contributed by atoms with van der Waals surface area (Å²) >= 11 is 0. The summed E-state index contributed by atoms with van der Waals surface area (Å²) in [5.41, 5.74) is 0. The zero-order chi connectivity index (χ0) is 6.69. The Morgan fingerprint density at radius 3 is 2.00 bits per heavy atom. The van der Waals surface area contributed by atoms with Crippen molar-refractivity contribution in [3.63, 3.8) is 0 Å². The van der Waals surface area contributed by atoms with Crippen molar-refractivity contribution in [1.82, 2.24) is 10.2 Å². The standard InChI is InChI=1S/C7H16N2.CH4/c1-7(2)9-5-3-8-4-6-9;/h7-8H,3-6H2,1-2H3;1H4. The van der Waals surface area contributed by atoms with Crippen LogP contribution in [0.25, 0.3) is 0 Å². The lowest BCUT2D eigenvalue weighted by Gasteiger charge is -2.30. The molecule has 0 saturated carbocycles. The molecule has 1 aliphatic heterocycles. The minimum Gasteiger partial charge on any atom is -0.314 e. The predicted octanol–water partition coefficient (Wildman–Crippen LogP) is 0.936. The van der Waals surface area contributed by atoms with E-state index in [1.165, 1.54) is 13.1 Å². The lowest BCUT2D eigenvalue weighted by atomic mass is 10.3. The van der Waals surface area contributed by atoms with Gasteiger partial charge >= 0.3 is 0 Å². The molecule has 1 fully saturated rings. The average Bonchev–Trinajstić information content (AvgIpc) is 1.90. The number of nitrogens with one attached hydrogen (secondary N) is 1. The number of nitrogens with zero attached hydrogens (tertiary/aromatic N) is 1. The van der Waals surface area contributed by atoms with Gasteiger partial charge in [0.1, 0.15) is 0 Å². The van der Waals surface area contributed by atoms with Gasteiger partial charge in [-0.2, -0.15) is 0 Å². The van der Waals surface area contributed by atoms with E-state index in [4.69, 9.17) is 0 Å². The summed E-state index contributed by atoms with van der Waals surface area (Å²) in [7, 11) is 0. The van der Waals surface area contributed by atoms with Gasteiger partial charge in [-0.3, -0.25) is 4.90 Å². The van der Waals surface area contributed by atoms with Gasteiger partial charge in [0.05, 0.1) is 0 Å². The first-order chi connectivity index (χ1) is 4.30. The molecule has 0 aliphatic carbocycles. The van der Waals surface area contributed by atoms with E-state index >= 15 is 0 Å². The normalized spacial score (nSPS) is 20.7. The summed E-state index contributed by atoms with van der Waals surface area (Å²) in [5, 5.41) is 3.33. The van der Waals surface area contributed by atoms with Crippen LogP contribution in [0, 0.1) is 0 Å². The van der Waals surface area contributed by atoms with Gasteiger partial charge in [0.15, 0.2) is 0 Å². The highest BCUT2D eigenvalue weighted by molar-refractivity contribution is 4.69. The Bertz CT molecular complexity index is 75.3. The summed E-state index contributed by atoms with van der Waals surface area (Å²) in [6, 6.07) is 0.729. The molecule has 1 aliphatic rings. The van der Waals surface area contributed by atoms with Crippen molar-refractivity contribution in [2.45, 2.75) is 27.3 Å². The Hall–Kier alpha value is -0.0800. The van der Waals surface area contributed by atoms with Crippen molar-refractivity contribution in [1.29, 1.82) is 0 Å². The zero-order valence-corrected chi connectivity index (χ0v) is 6.35. The van der Waals surface area contributed by atoms with Gasteiger partial charge in [0, 0.05) is 32.2 Å². The summed E-state index contributed by atoms with van der Waals surface area (Å²) in [6.45, 7) is 9.28. The molecule has 1 rings (SSSR count). The van der Waals surface area contributed by atoms with Crippen molar-refractivity contribution in [3.05, 3.63) is 0 Å². The van der Waals surface area contributed by atoms with E-state index in [-0.39, 0.29) is 7.43 Å². The van der Waals surface area contributed by atoms with Gasteiger partial charge in [0.2, 0.25) is 0 Å². The van der Waals surface area contributed by atoms with Gasteiger partial charge in [-0.25, -0.2) is 0 Å². The maximum absolute atomic E-state index is 3.33. The van der Waals surface area contributed by atoms with Gasteiger partial charge in [-0.15, -0.1) is 0 Å². The van der Waals surface area contributed by atoms with E-state index in [1.807, 2.05) is 0 Å². The second kappa shape index (κ2) is 4.69. The highest BCUT2D eigenvalue weighted by atomic mass is 15.2. The first-order valence-electron chi connectivity index (χ1n) is 3.75. The molecule has 1 saturated heterocycles. The van der Waals surface area contributed by atoms with Crippen LogP contribution in [0.4, 0.5) is 0 Å². The third-order valence-electron chi connectivity index (χ3n) is 1.88. The summed E-state index contributed by atoms with van der Waals surface area (Å²) in [5.74, 6) is 0. The number of rotatable bonds is 1. The van der Waals surface area contributed by atoms with Gasteiger partial charge in [0.25, 0.3) is 0 Å². The van der Waals surface area contributed by atoms with Crippen LogP contribution in [0.15, 0.2) is 0 Å². The second-order valence-corrected chi connectivity index (χ2v) is 2.88. The smallest absolute Gasteiger partial charge is 0.0110 e. The number of hydrogen-bond donors (Lipinski definition) is 1. The molecule has 1 heterocycles. The topological polar surface area (TPSA) is 15.3 Å². The third kappa shape index (κ3) is 2.67. The highest BCUT2D eigenvalue weighted by Crippen LogP contribution is 1.97. The lowest BCUT2D eigenvalue weighted by Crippen LogP contribution is -2.46. The van der Waals surface area contributed by atoms with Crippen molar-refractivity contribution in [2.24, 2.45) is 0 Å². The fourth-order valence-corrected chi connectivity index (χ4v) is 1.20. The molecule has 0 aromatic heterocycles. The number of hydrogen-bond acceptors (Lipinski definition) is 2. The molecule has 2 heteroatoms. The van der Waals surface area contributed by atoms with Crippen molar-refractivity contribution in [3.8, 4) is 0 Å². The van der Waals surface area contributed by atoms with Crippen LogP contribution in [-0.2, 0) is 0 Å². The van der Waals surface area contributed by atoms with E-state index in [9.17, 15) is 0 Å². The Morgan fingerprint density at radius 1 is 1.20 bits per heavy atom. The Kier molecular flexibility index (Phi) is 4.65. The molecule has 62 valence electrons. The van der Waals surface area contributed by atoms with Crippen molar-refractivity contribution < 1.29 is 0 Å². The molecular formula is C8H20N2. The Morgan fingerprint density at radius 2 is 1.70 bits per heavy atom. The molecule has 0 radical (unpaired) electrons. The molecule has 0 spiro atoms. The second-order valence-electron chi connectivity index (χ2n) is 2.88. The van der Waals surface area contributed by atoms with Crippen molar-refractivity contribution in [2.75, 3.05) is 26.2 Å². The lowest BCUT2D eigenvalue weighted by molar-refractivity contribution is 0.196. The summed E-state index contributed by atoms with van der Waals surface area (Å²) in [4.78, 5) is 2.50. The summed E-state index contributed by atoms with van der Waals surface area (Å²) in [6.07, 6.45) is 0. The van der Waals surface area contributed by atoms with Gasteiger partial charge in [-0.1, -0.05) is 7.43 Å². The number of piperazine rings is 1. The van der Waals surface area contributed by atoms with Gasteiger partial charge < -0.3 is 5.32 Å². The molecule has 1 N–H and O–H groups in total. The molecular weight excluding hydrogens is 124 g/mol. The first-order valence-corrected chi connectivity index (χ1v) is 3.75. The maximum atomic E-state index is 3.33. The minimum atomic E-state index is 0. The van der Waals surface area contributed by atoms with E-state index in [1.54, 1.807) is 0 Å². The molecule has 0 amide bonds. The fraction of sp³-hybridized carbons (Fsp3) is 1.00. The van der Waals surface area contributed by atoms with E-state index < -0.39 is 0 Å². The Labute approximate surface area is 64.6 Å². The third-order valence-corrected chi connectivity index (χ3v) is 1.88. The van der Waals surface area contributed by atoms with Crippen LogP contribution in [0.5, 0.6) is 0 Å². The van der Waals surface area contributed by atoms with Crippen LogP contribution in [-0.4, -0.2) is 37.1 Å². The van der Waals surface area contributed by atoms with Crippen LogP contribution in [0.3, 0.4) is 0 Å². The fourth-order valence-electron chi connectivity index (χ4n) is 1.20. The van der Waals surface area contributed by atoms with E-state index in [2.05, 4.69) is 24.1 Å². The quantitative estimate of drug-likeness (QED) is 0.589. The van der Waals surface area contributed by atoms with E-state index in [0.717, 1.165) is 19.1 Å². The SMILES string of the molecule is C.CC(C)N1CCNCC1. The molecule has 0 aromatic rings. The summed E-state index contributed by atoms with van der Waals surface area (Å²) < 4.78 is 0. The van der Waals surface area contributed by atoms with Gasteiger partial charge in [-0.05, 0) is 13.8 Å². The average molecular weight is 144 g/mol. The zero-order valence-electron chi connectivity index (χ0n) is 6.35. The van der Waals surface area contributed by atoms with Crippen molar-refractivity contribution >= 4 is 0 Å². The molecule has 2 nitrogen and oxygen atoms in total. The Balaban J connectivity index is 0.000000810. The van der Waals surface area contributed by atoms with Crippen LogP contribution in [0.2, 0.25) is 0 Å². The van der Waals surface area contributed by atoms with Crippen LogP contribution in [0.1, 0.15) is 21.3 Å². The predicted molar refractivity (Wildman–Crippen MR) is 46.3 cm³/mol. The molecule has 0 atom stereocenters. The molecule has 10 heavy (non-hydrogen) atoms. The molecule has 0 aromatic carbocycles. The van der Waals surface area contributed by atoms with E-state index in [0.29, 0.717) is 0 Å². The monoisotopic (exact) mass is 144 g/mol. The minimum absolute atomic E-state index is 0. The molecule has 0 unspecified atom stereocenters. The van der Waals surface area contributed by atoms with Crippen LogP contribution >= 0.6 is 0 Å². The largest absolute Gasteiger partial charge is 0.314 e. The highest BCUT2D eigenvalue weighted by Gasteiger charge is 2.11. The maximum Gasteiger partial charge on any atom is 0.0110 e.